The Kier molecular flexibility index (Phi) is 4.11. The minimum absolute atomic E-state index is 0.567. The molecule has 0 heterocycles. The Morgan fingerprint density at radius 3 is 2.47 bits per heavy atom. The summed E-state index contributed by atoms with van der Waals surface area (Å²) in [6, 6.07) is 14.1. The van der Waals surface area contributed by atoms with Crippen molar-refractivity contribution in [2.24, 2.45) is 5.73 Å². The maximum atomic E-state index is 5.88. The second-order valence-electron chi connectivity index (χ2n) is 3.82. The van der Waals surface area contributed by atoms with Crippen LogP contribution >= 0.6 is 23.4 Å². The molecule has 0 spiro atoms. The van der Waals surface area contributed by atoms with E-state index in [9.17, 15) is 0 Å². The highest BCUT2D eigenvalue weighted by molar-refractivity contribution is 7.99. The van der Waals surface area contributed by atoms with Crippen molar-refractivity contribution in [3.63, 3.8) is 0 Å². The third-order valence-corrected chi connectivity index (χ3v) is 4.10. The lowest BCUT2D eigenvalue weighted by atomic mass is 10.1. The molecule has 0 fully saturated rings. The largest absolute Gasteiger partial charge is 0.326 e. The van der Waals surface area contributed by atoms with E-state index in [2.05, 4.69) is 19.1 Å². The summed E-state index contributed by atoms with van der Waals surface area (Å²) in [5, 5.41) is 0.762. The number of halogens is 1. The summed E-state index contributed by atoms with van der Waals surface area (Å²) in [6.07, 6.45) is 0. The summed E-state index contributed by atoms with van der Waals surface area (Å²) in [4.78, 5) is 2.43. The SMILES string of the molecule is Cc1cccc(CN)c1Sc1ccc(Cl)cc1. The van der Waals surface area contributed by atoms with Crippen molar-refractivity contribution in [2.75, 3.05) is 0 Å². The van der Waals surface area contributed by atoms with Crippen LogP contribution in [0.4, 0.5) is 0 Å². The van der Waals surface area contributed by atoms with Crippen LogP contribution in [0, 0.1) is 6.92 Å². The lowest BCUT2D eigenvalue weighted by Gasteiger charge is -2.10. The van der Waals surface area contributed by atoms with Crippen LogP contribution in [-0.2, 0) is 6.54 Å². The van der Waals surface area contributed by atoms with Crippen LogP contribution in [0.3, 0.4) is 0 Å². The predicted molar refractivity (Wildman–Crippen MR) is 74.6 cm³/mol. The van der Waals surface area contributed by atoms with Crippen LogP contribution in [-0.4, -0.2) is 0 Å². The molecule has 0 amide bonds. The molecular formula is C14H14ClNS. The van der Waals surface area contributed by atoms with Crippen LogP contribution in [0.5, 0.6) is 0 Å². The van der Waals surface area contributed by atoms with E-state index < -0.39 is 0 Å². The van der Waals surface area contributed by atoms with Gasteiger partial charge in [0.1, 0.15) is 0 Å². The van der Waals surface area contributed by atoms with E-state index in [1.165, 1.54) is 20.9 Å². The highest BCUT2D eigenvalue weighted by atomic mass is 35.5. The van der Waals surface area contributed by atoms with E-state index in [4.69, 9.17) is 17.3 Å². The number of hydrogen-bond donors (Lipinski definition) is 1. The molecule has 0 aliphatic heterocycles. The molecule has 1 nitrogen and oxygen atoms in total. The molecule has 2 N–H and O–H groups in total. The standard InChI is InChI=1S/C14H14ClNS/c1-10-3-2-4-11(9-16)14(10)17-13-7-5-12(15)6-8-13/h2-8H,9,16H2,1H3. The monoisotopic (exact) mass is 263 g/mol. The molecule has 0 aliphatic rings. The molecule has 0 aliphatic carbocycles. The minimum atomic E-state index is 0.567. The van der Waals surface area contributed by atoms with Crippen molar-refractivity contribution in [2.45, 2.75) is 23.3 Å². The van der Waals surface area contributed by atoms with Gasteiger partial charge in [-0.3, -0.25) is 0 Å². The fourth-order valence-corrected chi connectivity index (χ4v) is 2.79. The van der Waals surface area contributed by atoms with Gasteiger partial charge >= 0.3 is 0 Å². The smallest absolute Gasteiger partial charge is 0.0406 e. The number of nitrogens with two attached hydrogens (primary N) is 1. The van der Waals surface area contributed by atoms with Gasteiger partial charge in [0.15, 0.2) is 0 Å². The number of hydrogen-bond acceptors (Lipinski definition) is 2. The summed E-state index contributed by atoms with van der Waals surface area (Å²) < 4.78 is 0. The predicted octanol–water partition coefficient (Wildman–Crippen LogP) is 4.26. The Morgan fingerprint density at radius 2 is 1.82 bits per heavy atom. The molecule has 2 aromatic carbocycles. The number of aryl methyl sites for hydroxylation is 1. The molecule has 0 atom stereocenters. The average molecular weight is 264 g/mol. The highest BCUT2D eigenvalue weighted by Gasteiger charge is 2.06. The first-order valence-electron chi connectivity index (χ1n) is 5.42. The molecule has 2 rings (SSSR count). The van der Waals surface area contributed by atoms with E-state index in [1.807, 2.05) is 30.3 Å². The van der Waals surface area contributed by atoms with Gasteiger partial charge in [0.05, 0.1) is 0 Å². The van der Waals surface area contributed by atoms with Crippen molar-refractivity contribution in [1.29, 1.82) is 0 Å². The van der Waals surface area contributed by atoms with Gasteiger partial charge < -0.3 is 5.73 Å². The molecule has 0 aromatic heterocycles. The summed E-state index contributed by atoms with van der Waals surface area (Å²) in [7, 11) is 0. The van der Waals surface area contributed by atoms with Crippen LogP contribution in [0.25, 0.3) is 0 Å². The quantitative estimate of drug-likeness (QED) is 0.896. The van der Waals surface area contributed by atoms with Crippen LogP contribution in [0.2, 0.25) is 5.02 Å². The lowest BCUT2D eigenvalue weighted by Crippen LogP contribution is -1.99. The summed E-state index contributed by atoms with van der Waals surface area (Å²) in [5.74, 6) is 0. The zero-order chi connectivity index (χ0) is 12.3. The number of rotatable bonds is 3. The first-order chi connectivity index (χ1) is 8.20. The van der Waals surface area contributed by atoms with E-state index >= 15 is 0 Å². The van der Waals surface area contributed by atoms with Gasteiger partial charge in [-0.25, -0.2) is 0 Å². The van der Waals surface area contributed by atoms with Crippen molar-refractivity contribution < 1.29 is 0 Å². The third kappa shape index (κ3) is 3.03. The summed E-state index contributed by atoms with van der Waals surface area (Å²) in [6.45, 7) is 2.68. The van der Waals surface area contributed by atoms with Gasteiger partial charge in [-0.1, -0.05) is 41.6 Å². The molecule has 88 valence electrons. The first-order valence-corrected chi connectivity index (χ1v) is 6.62. The lowest BCUT2D eigenvalue weighted by molar-refractivity contribution is 1.01. The zero-order valence-corrected chi connectivity index (χ0v) is 11.2. The van der Waals surface area contributed by atoms with E-state index in [-0.39, 0.29) is 0 Å². The van der Waals surface area contributed by atoms with Crippen molar-refractivity contribution in [3.05, 3.63) is 58.6 Å². The van der Waals surface area contributed by atoms with Gasteiger partial charge in [-0.2, -0.15) is 0 Å². The average Bonchev–Trinajstić information content (AvgIpc) is 2.34. The van der Waals surface area contributed by atoms with Crippen molar-refractivity contribution >= 4 is 23.4 Å². The van der Waals surface area contributed by atoms with E-state index in [0.717, 1.165) is 5.02 Å². The van der Waals surface area contributed by atoms with Gasteiger partial charge in [0, 0.05) is 21.4 Å². The fourth-order valence-electron chi connectivity index (χ4n) is 1.64. The van der Waals surface area contributed by atoms with E-state index in [0.29, 0.717) is 6.54 Å². The van der Waals surface area contributed by atoms with Gasteiger partial charge in [0.2, 0.25) is 0 Å². The van der Waals surface area contributed by atoms with Crippen LogP contribution < -0.4 is 5.73 Å². The van der Waals surface area contributed by atoms with Gasteiger partial charge in [0.25, 0.3) is 0 Å². The molecular weight excluding hydrogens is 250 g/mol. The molecule has 0 radical (unpaired) electrons. The third-order valence-electron chi connectivity index (χ3n) is 2.55. The molecule has 2 aromatic rings. The molecule has 0 bridgehead atoms. The molecule has 3 heteroatoms. The van der Waals surface area contributed by atoms with Gasteiger partial charge in [-0.05, 0) is 42.3 Å². The molecule has 0 unspecified atom stereocenters. The Bertz CT molecular complexity index is 508. The zero-order valence-electron chi connectivity index (χ0n) is 9.61. The van der Waals surface area contributed by atoms with Crippen LogP contribution in [0.15, 0.2) is 52.3 Å². The Balaban J connectivity index is 2.32. The molecule has 0 saturated heterocycles. The number of benzene rings is 2. The second kappa shape index (κ2) is 5.58. The first kappa shape index (κ1) is 12.5. The second-order valence-corrected chi connectivity index (χ2v) is 5.34. The minimum Gasteiger partial charge on any atom is -0.326 e. The fraction of sp³-hybridized carbons (Fsp3) is 0.143. The topological polar surface area (TPSA) is 26.0 Å². The summed E-state index contributed by atoms with van der Waals surface area (Å²) >= 11 is 7.61. The van der Waals surface area contributed by atoms with Crippen molar-refractivity contribution in [1.82, 2.24) is 0 Å². The Labute approximate surface area is 111 Å². The van der Waals surface area contributed by atoms with Crippen LogP contribution in [0.1, 0.15) is 11.1 Å². The Hall–Kier alpha value is -0.960. The van der Waals surface area contributed by atoms with Gasteiger partial charge in [-0.15, -0.1) is 0 Å². The van der Waals surface area contributed by atoms with E-state index in [1.54, 1.807) is 11.8 Å². The summed E-state index contributed by atoms with van der Waals surface area (Å²) in [5.41, 5.74) is 8.21. The highest BCUT2D eigenvalue weighted by Crippen LogP contribution is 2.33. The Morgan fingerprint density at radius 1 is 1.12 bits per heavy atom. The maximum absolute atomic E-state index is 5.88. The normalized spacial score (nSPS) is 10.5. The molecule has 0 saturated carbocycles. The van der Waals surface area contributed by atoms with Crippen molar-refractivity contribution in [3.8, 4) is 0 Å². The molecule has 17 heavy (non-hydrogen) atoms. The maximum Gasteiger partial charge on any atom is 0.0406 e.